The molecule has 9 heteroatoms. The van der Waals surface area contributed by atoms with Gasteiger partial charge in [-0.05, 0) is 6.92 Å². The first-order valence-corrected chi connectivity index (χ1v) is 6.13. The van der Waals surface area contributed by atoms with Gasteiger partial charge in [-0.3, -0.25) is 4.79 Å². The van der Waals surface area contributed by atoms with Crippen molar-refractivity contribution in [2.75, 3.05) is 6.54 Å². The summed E-state index contributed by atoms with van der Waals surface area (Å²) in [6, 6.07) is 0. The molecule has 0 aliphatic heterocycles. The molecule has 0 aliphatic carbocycles. The molecule has 0 aliphatic rings. The number of aromatic nitrogens is 2. The molecule has 0 bridgehead atoms. The van der Waals surface area contributed by atoms with E-state index in [0.29, 0.717) is 0 Å². The molecule has 1 aromatic rings. The Kier molecular flexibility index (Phi) is 3.86. The second kappa shape index (κ2) is 4.82. The molecule has 1 rings (SSSR count). The van der Waals surface area contributed by atoms with Gasteiger partial charge in [0, 0.05) is 6.54 Å². The zero-order chi connectivity index (χ0) is 13.1. The van der Waals surface area contributed by atoms with E-state index < -0.39 is 34.6 Å². The molecule has 0 saturated heterocycles. The summed E-state index contributed by atoms with van der Waals surface area (Å²) < 4.78 is 25.3. The highest BCUT2D eigenvalue weighted by Crippen LogP contribution is 2.10. The number of aliphatic hydroxyl groups is 1. The van der Waals surface area contributed by atoms with E-state index in [-0.39, 0.29) is 5.03 Å². The van der Waals surface area contributed by atoms with Gasteiger partial charge < -0.3 is 15.2 Å². The summed E-state index contributed by atoms with van der Waals surface area (Å²) in [5.41, 5.74) is -1.65. The SMILES string of the molecule is CC(O)(CNS(=O)(=O)c1cnc[nH]1)CC(=O)O. The van der Waals surface area contributed by atoms with Gasteiger partial charge >= 0.3 is 5.97 Å². The summed E-state index contributed by atoms with van der Waals surface area (Å²) in [5, 5.41) is 18.0. The van der Waals surface area contributed by atoms with Gasteiger partial charge in [0.1, 0.15) is 0 Å². The Bertz CT molecular complexity index is 479. The van der Waals surface area contributed by atoms with Gasteiger partial charge in [0.25, 0.3) is 10.0 Å². The summed E-state index contributed by atoms with van der Waals surface area (Å²) in [7, 11) is -3.81. The number of aromatic amines is 1. The fraction of sp³-hybridized carbons (Fsp3) is 0.500. The minimum Gasteiger partial charge on any atom is -0.481 e. The van der Waals surface area contributed by atoms with E-state index >= 15 is 0 Å². The third-order valence-electron chi connectivity index (χ3n) is 1.94. The van der Waals surface area contributed by atoms with Crippen molar-refractivity contribution in [2.45, 2.75) is 24.0 Å². The molecule has 0 radical (unpaired) electrons. The molecule has 0 amide bonds. The summed E-state index contributed by atoms with van der Waals surface area (Å²) in [6.07, 6.45) is 1.75. The number of H-pyrrole nitrogens is 1. The lowest BCUT2D eigenvalue weighted by atomic mass is 10.0. The smallest absolute Gasteiger partial charge is 0.306 e. The lowest BCUT2D eigenvalue weighted by Crippen LogP contribution is -2.42. The molecular weight excluding hydrogens is 250 g/mol. The maximum absolute atomic E-state index is 11.6. The maximum atomic E-state index is 11.6. The van der Waals surface area contributed by atoms with Crippen LogP contribution in [0, 0.1) is 0 Å². The molecule has 0 spiro atoms. The minimum atomic E-state index is -3.81. The van der Waals surface area contributed by atoms with Crippen molar-refractivity contribution in [3.8, 4) is 0 Å². The van der Waals surface area contributed by atoms with Crippen molar-refractivity contribution >= 4 is 16.0 Å². The molecule has 1 aromatic heterocycles. The molecule has 0 fully saturated rings. The molecule has 1 heterocycles. The molecule has 0 saturated carbocycles. The highest BCUT2D eigenvalue weighted by Gasteiger charge is 2.27. The Labute approximate surface area is 97.7 Å². The zero-order valence-electron chi connectivity index (χ0n) is 9.04. The highest BCUT2D eigenvalue weighted by molar-refractivity contribution is 7.89. The molecule has 4 N–H and O–H groups in total. The van der Waals surface area contributed by atoms with Gasteiger partial charge in [0.2, 0.25) is 0 Å². The number of hydrogen-bond acceptors (Lipinski definition) is 5. The van der Waals surface area contributed by atoms with E-state index in [9.17, 15) is 18.3 Å². The van der Waals surface area contributed by atoms with Crippen LogP contribution in [-0.4, -0.2) is 46.7 Å². The molecule has 1 unspecified atom stereocenters. The van der Waals surface area contributed by atoms with Gasteiger partial charge in [-0.2, -0.15) is 0 Å². The number of rotatable bonds is 6. The molecule has 8 nitrogen and oxygen atoms in total. The third-order valence-corrected chi connectivity index (χ3v) is 3.26. The number of carboxylic acids is 1. The molecular formula is C8H13N3O5S. The number of nitrogens with zero attached hydrogens (tertiary/aromatic N) is 1. The van der Waals surface area contributed by atoms with Crippen molar-refractivity contribution in [3.63, 3.8) is 0 Å². The van der Waals surface area contributed by atoms with Crippen molar-refractivity contribution in [3.05, 3.63) is 12.5 Å². The van der Waals surface area contributed by atoms with Crippen molar-refractivity contribution < 1.29 is 23.4 Å². The number of hydrogen-bond donors (Lipinski definition) is 4. The van der Waals surface area contributed by atoms with Crippen LogP contribution in [0.2, 0.25) is 0 Å². The molecule has 17 heavy (non-hydrogen) atoms. The molecule has 1 atom stereocenters. The van der Waals surface area contributed by atoms with Crippen LogP contribution in [0.15, 0.2) is 17.6 Å². The van der Waals surface area contributed by atoms with E-state index in [2.05, 4.69) is 14.7 Å². The van der Waals surface area contributed by atoms with Crippen molar-refractivity contribution in [1.82, 2.24) is 14.7 Å². The fourth-order valence-corrected chi connectivity index (χ4v) is 2.17. The van der Waals surface area contributed by atoms with Gasteiger partial charge in [-0.1, -0.05) is 0 Å². The van der Waals surface area contributed by atoms with Crippen LogP contribution in [0.3, 0.4) is 0 Å². The number of carbonyl (C=O) groups is 1. The van der Waals surface area contributed by atoms with Gasteiger partial charge in [-0.25, -0.2) is 18.1 Å². The lowest BCUT2D eigenvalue weighted by molar-refractivity contribution is -0.141. The summed E-state index contributed by atoms with van der Waals surface area (Å²) in [4.78, 5) is 16.4. The Morgan fingerprint density at radius 1 is 1.65 bits per heavy atom. The molecule has 0 aromatic carbocycles. The first-order chi connectivity index (χ1) is 7.73. The second-order valence-electron chi connectivity index (χ2n) is 3.81. The zero-order valence-corrected chi connectivity index (χ0v) is 9.86. The van der Waals surface area contributed by atoms with Crippen LogP contribution in [0.25, 0.3) is 0 Å². The highest BCUT2D eigenvalue weighted by atomic mass is 32.2. The summed E-state index contributed by atoms with van der Waals surface area (Å²) in [6.45, 7) is 0.831. The van der Waals surface area contributed by atoms with Crippen molar-refractivity contribution in [2.24, 2.45) is 0 Å². The largest absolute Gasteiger partial charge is 0.481 e. The van der Waals surface area contributed by atoms with Gasteiger partial charge in [0.15, 0.2) is 5.03 Å². The Morgan fingerprint density at radius 2 is 2.29 bits per heavy atom. The van der Waals surface area contributed by atoms with Gasteiger partial charge in [-0.15, -0.1) is 0 Å². The number of aliphatic carboxylic acids is 1. The normalized spacial score (nSPS) is 15.4. The maximum Gasteiger partial charge on any atom is 0.306 e. The lowest BCUT2D eigenvalue weighted by Gasteiger charge is -2.20. The molecule has 96 valence electrons. The van der Waals surface area contributed by atoms with E-state index in [1.165, 1.54) is 13.3 Å². The number of carboxylic acid groups (broad SMARTS) is 1. The average molecular weight is 263 g/mol. The van der Waals surface area contributed by atoms with Crippen LogP contribution in [-0.2, 0) is 14.8 Å². The van der Waals surface area contributed by atoms with Crippen LogP contribution in [0.5, 0.6) is 0 Å². The predicted molar refractivity (Wildman–Crippen MR) is 56.7 cm³/mol. The fourth-order valence-electron chi connectivity index (χ4n) is 1.11. The van der Waals surface area contributed by atoms with Crippen LogP contribution in [0.1, 0.15) is 13.3 Å². The minimum absolute atomic E-state index is 0.149. The Balaban J connectivity index is 2.65. The predicted octanol–water partition coefficient (Wildman–Crippen LogP) is -1.09. The quantitative estimate of drug-likeness (QED) is 0.515. The van der Waals surface area contributed by atoms with Crippen LogP contribution >= 0.6 is 0 Å². The topological polar surface area (TPSA) is 132 Å². The first kappa shape index (κ1) is 13.6. The third kappa shape index (κ3) is 4.13. The van der Waals surface area contributed by atoms with Crippen molar-refractivity contribution in [1.29, 1.82) is 0 Å². The van der Waals surface area contributed by atoms with E-state index in [1.807, 2.05) is 0 Å². The number of nitrogens with one attached hydrogen (secondary N) is 2. The average Bonchev–Trinajstić information content (AvgIpc) is 2.66. The van der Waals surface area contributed by atoms with Gasteiger partial charge in [0.05, 0.1) is 24.5 Å². The van der Waals surface area contributed by atoms with E-state index in [4.69, 9.17) is 5.11 Å². The Hall–Kier alpha value is -1.45. The summed E-state index contributed by atoms with van der Waals surface area (Å²) >= 11 is 0. The van der Waals surface area contributed by atoms with E-state index in [0.717, 1.165) is 6.20 Å². The Morgan fingerprint density at radius 3 is 2.76 bits per heavy atom. The standard InChI is InChI=1S/C8H13N3O5S/c1-8(14,2-7(12)13)4-11-17(15,16)6-3-9-5-10-6/h3,5,11,14H,2,4H2,1H3,(H,9,10)(H,12,13). The number of imidazole rings is 1. The summed E-state index contributed by atoms with van der Waals surface area (Å²) in [5.74, 6) is -1.21. The number of sulfonamides is 1. The monoisotopic (exact) mass is 263 g/mol. The van der Waals surface area contributed by atoms with Crippen LogP contribution < -0.4 is 4.72 Å². The first-order valence-electron chi connectivity index (χ1n) is 4.65. The van der Waals surface area contributed by atoms with E-state index in [1.54, 1.807) is 0 Å². The van der Waals surface area contributed by atoms with Crippen LogP contribution in [0.4, 0.5) is 0 Å². The second-order valence-corrected chi connectivity index (χ2v) is 5.54.